The summed E-state index contributed by atoms with van der Waals surface area (Å²) in [5, 5.41) is 3.52. The number of hydrogen-bond acceptors (Lipinski definition) is 4. The molecular weight excluding hydrogens is 313 g/mol. The topological polar surface area (TPSA) is 96.7 Å². The van der Waals surface area contributed by atoms with Crippen molar-refractivity contribution in [2.75, 3.05) is 11.1 Å². The third-order valence-corrected chi connectivity index (χ3v) is 3.67. The molecule has 0 saturated carbocycles. The molecular formula is C13H9Cl2N5O. The fraction of sp³-hybridized carbons (Fsp3) is 0. The molecule has 0 bridgehead atoms. The van der Waals surface area contributed by atoms with Gasteiger partial charge in [0, 0.05) is 22.8 Å². The summed E-state index contributed by atoms with van der Waals surface area (Å²) in [6.45, 7) is 0. The number of aromatic nitrogens is 3. The fourth-order valence-corrected chi connectivity index (χ4v) is 2.22. The molecule has 0 fully saturated rings. The van der Waals surface area contributed by atoms with Crippen molar-refractivity contribution in [3.05, 3.63) is 46.5 Å². The zero-order chi connectivity index (χ0) is 15.0. The van der Waals surface area contributed by atoms with Gasteiger partial charge < -0.3 is 16.0 Å². The first-order valence-electron chi connectivity index (χ1n) is 5.90. The maximum Gasteiger partial charge on any atom is 0.259 e. The number of hydrogen-bond donors (Lipinski definition) is 3. The van der Waals surface area contributed by atoms with Crippen LogP contribution in [0.15, 0.2) is 30.7 Å². The highest BCUT2D eigenvalue weighted by Crippen LogP contribution is 2.27. The minimum atomic E-state index is -0.359. The number of amides is 1. The Morgan fingerprint density at radius 1 is 1.29 bits per heavy atom. The van der Waals surface area contributed by atoms with Gasteiger partial charge in [-0.2, -0.15) is 0 Å². The summed E-state index contributed by atoms with van der Waals surface area (Å²) >= 11 is 11.7. The molecule has 6 nitrogen and oxygen atoms in total. The van der Waals surface area contributed by atoms with E-state index in [1.54, 1.807) is 24.4 Å². The van der Waals surface area contributed by atoms with Gasteiger partial charge in [-0.25, -0.2) is 9.97 Å². The summed E-state index contributed by atoms with van der Waals surface area (Å²) in [4.78, 5) is 22.9. The average molecular weight is 322 g/mol. The van der Waals surface area contributed by atoms with E-state index in [1.165, 1.54) is 6.33 Å². The lowest BCUT2D eigenvalue weighted by Gasteiger charge is -2.05. The van der Waals surface area contributed by atoms with Crippen LogP contribution in [0.4, 0.5) is 11.5 Å². The summed E-state index contributed by atoms with van der Waals surface area (Å²) in [5.41, 5.74) is 7.54. The molecule has 0 spiro atoms. The number of nitrogens with two attached hydrogens (primary N) is 1. The number of anilines is 2. The van der Waals surface area contributed by atoms with E-state index in [4.69, 9.17) is 28.9 Å². The molecule has 106 valence electrons. The Hall–Kier alpha value is -2.31. The van der Waals surface area contributed by atoms with E-state index in [9.17, 15) is 4.79 Å². The zero-order valence-electron chi connectivity index (χ0n) is 10.5. The molecule has 2 aromatic heterocycles. The van der Waals surface area contributed by atoms with E-state index in [0.29, 0.717) is 11.3 Å². The second-order valence-corrected chi connectivity index (χ2v) is 5.02. The van der Waals surface area contributed by atoms with E-state index in [-0.39, 0.29) is 21.9 Å². The first kappa shape index (κ1) is 13.7. The number of halogens is 2. The van der Waals surface area contributed by atoms with Crippen LogP contribution in [0.2, 0.25) is 10.2 Å². The normalized spacial score (nSPS) is 10.8. The minimum absolute atomic E-state index is 0.0775. The smallest absolute Gasteiger partial charge is 0.259 e. The highest BCUT2D eigenvalue weighted by molar-refractivity contribution is 6.43. The Kier molecular flexibility index (Phi) is 3.40. The SMILES string of the molecule is Nc1ccc2c(C(=O)Nc3ncnc(Cl)c3Cl)c[nH]c2c1. The molecule has 21 heavy (non-hydrogen) atoms. The van der Waals surface area contributed by atoms with Gasteiger partial charge in [0.1, 0.15) is 11.3 Å². The maximum absolute atomic E-state index is 12.3. The fourth-order valence-electron chi connectivity index (χ4n) is 1.94. The molecule has 0 radical (unpaired) electrons. The van der Waals surface area contributed by atoms with E-state index in [0.717, 1.165) is 10.9 Å². The molecule has 8 heteroatoms. The van der Waals surface area contributed by atoms with Crippen LogP contribution in [0.1, 0.15) is 10.4 Å². The first-order chi connectivity index (χ1) is 10.1. The van der Waals surface area contributed by atoms with Gasteiger partial charge in [0.2, 0.25) is 0 Å². The average Bonchev–Trinajstić information content (AvgIpc) is 2.86. The number of nitrogens with one attached hydrogen (secondary N) is 2. The minimum Gasteiger partial charge on any atom is -0.399 e. The highest BCUT2D eigenvalue weighted by Gasteiger charge is 2.15. The van der Waals surface area contributed by atoms with E-state index >= 15 is 0 Å². The monoisotopic (exact) mass is 321 g/mol. The Morgan fingerprint density at radius 2 is 2.10 bits per heavy atom. The predicted molar refractivity (Wildman–Crippen MR) is 82.7 cm³/mol. The molecule has 1 aromatic carbocycles. The molecule has 0 atom stereocenters. The number of H-pyrrole nitrogens is 1. The van der Waals surface area contributed by atoms with Gasteiger partial charge in [-0.1, -0.05) is 23.2 Å². The van der Waals surface area contributed by atoms with Crippen LogP contribution < -0.4 is 11.1 Å². The molecule has 4 N–H and O–H groups in total. The van der Waals surface area contributed by atoms with E-state index in [2.05, 4.69) is 20.3 Å². The van der Waals surface area contributed by atoms with Crippen molar-refractivity contribution < 1.29 is 4.79 Å². The number of nitrogen functional groups attached to an aromatic ring is 1. The number of carbonyl (C=O) groups is 1. The number of carbonyl (C=O) groups excluding carboxylic acids is 1. The van der Waals surface area contributed by atoms with Crippen LogP contribution in [0.25, 0.3) is 10.9 Å². The highest BCUT2D eigenvalue weighted by atomic mass is 35.5. The third kappa shape index (κ3) is 2.51. The van der Waals surface area contributed by atoms with Gasteiger partial charge in [0.15, 0.2) is 11.0 Å². The van der Waals surface area contributed by atoms with Crippen molar-refractivity contribution in [3.63, 3.8) is 0 Å². The van der Waals surface area contributed by atoms with Crippen molar-refractivity contribution in [1.29, 1.82) is 0 Å². The van der Waals surface area contributed by atoms with Crippen molar-refractivity contribution in [2.45, 2.75) is 0 Å². The molecule has 3 aromatic rings. The molecule has 0 aliphatic rings. The Bertz CT molecular complexity index is 846. The number of nitrogens with zero attached hydrogens (tertiary/aromatic N) is 2. The van der Waals surface area contributed by atoms with Crippen LogP contribution in [0.5, 0.6) is 0 Å². The van der Waals surface area contributed by atoms with Crippen LogP contribution in [-0.2, 0) is 0 Å². The standard InChI is InChI=1S/C13H9Cl2N5O/c14-10-11(15)18-5-19-12(10)20-13(21)8-4-17-9-3-6(16)1-2-7(8)9/h1-5,17H,16H2,(H,18,19,20,21). The van der Waals surface area contributed by atoms with Crippen molar-refractivity contribution in [1.82, 2.24) is 15.0 Å². The van der Waals surface area contributed by atoms with Crippen LogP contribution in [0.3, 0.4) is 0 Å². The number of fused-ring (bicyclic) bond motifs is 1. The van der Waals surface area contributed by atoms with E-state index in [1.807, 2.05) is 0 Å². The molecule has 3 rings (SSSR count). The number of benzene rings is 1. The van der Waals surface area contributed by atoms with Crippen molar-refractivity contribution in [3.8, 4) is 0 Å². The summed E-state index contributed by atoms with van der Waals surface area (Å²) < 4.78 is 0. The predicted octanol–water partition coefficient (Wildman–Crippen LogP) is 3.10. The second-order valence-electron chi connectivity index (χ2n) is 4.29. The Morgan fingerprint density at radius 3 is 2.90 bits per heavy atom. The largest absolute Gasteiger partial charge is 0.399 e. The zero-order valence-corrected chi connectivity index (χ0v) is 12.0. The van der Waals surface area contributed by atoms with Gasteiger partial charge >= 0.3 is 0 Å². The Labute approximate surface area is 129 Å². The molecule has 1 amide bonds. The van der Waals surface area contributed by atoms with Gasteiger partial charge in [0.05, 0.1) is 5.56 Å². The first-order valence-corrected chi connectivity index (χ1v) is 6.66. The van der Waals surface area contributed by atoms with Gasteiger partial charge in [-0.05, 0) is 18.2 Å². The lowest BCUT2D eigenvalue weighted by molar-refractivity contribution is 0.102. The third-order valence-electron chi connectivity index (χ3n) is 2.93. The van der Waals surface area contributed by atoms with Crippen LogP contribution in [-0.4, -0.2) is 20.9 Å². The Balaban J connectivity index is 1.96. The molecule has 0 aliphatic heterocycles. The van der Waals surface area contributed by atoms with Gasteiger partial charge in [0.25, 0.3) is 5.91 Å². The number of rotatable bonds is 2. The summed E-state index contributed by atoms with van der Waals surface area (Å²) in [5.74, 6) is -0.200. The summed E-state index contributed by atoms with van der Waals surface area (Å²) in [6, 6.07) is 5.24. The summed E-state index contributed by atoms with van der Waals surface area (Å²) in [6.07, 6.45) is 2.82. The molecule has 0 aliphatic carbocycles. The van der Waals surface area contributed by atoms with Gasteiger partial charge in [-0.15, -0.1) is 0 Å². The molecule has 0 saturated heterocycles. The van der Waals surface area contributed by atoms with E-state index < -0.39 is 0 Å². The number of aromatic amines is 1. The van der Waals surface area contributed by atoms with Crippen molar-refractivity contribution in [2.24, 2.45) is 0 Å². The second kappa shape index (κ2) is 5.23. The van der Waals surface area contributed by atoms with Crippen LogP contribution in [0, 0.1) is 0 Å². The summed E-state index contributed by atoms with van der Waals surface area (Å²) in [7, 11) is 0. The van der Waals surface area contributed by atoms with Crippen LogP contribution >= 0.6 is 23.2 Å². The molecule has 2 heterocycles. The maximum atomic E-state index is 12.3. The lowest BCUT2D eigenvalue weighted by atomic mass is 10.1. The lowest BCUT2D eigenvalue weighted by Crippen LogP contribution is -2.13. The quantitative estimate of drug-likeness (QED) is 0.499. The van der Waals surface area contributed by atoms with Crippen molar-refractivity contribution >= 4 is 51.5 Å². The van der Waals surface area contributed by atoms with Gasteiger partial charge in [-0.3, -0.25) is 4.79 Å². The molecule has 0 unspecified atom stereocenters.